The zero-order chi connectivity index (χ0) is 15.6. The number of halogens is 2. The minimum atomic E-state index is -0.769. The van der Waals surface area contributed by atoms with Gasteiger partial charge in [-0.2, -0.15) is 0 Å². The molecule has 0 fully saturated rings. The molecule has 21 heavy (non-hydrogen) atoms. The molecule has 1 amide bonds. The summed E-state index contributed by atoms with van der Waals surface area (Å²) in [5.74, 6) is -1.50. The first-order valence-corrected chi connectivity index (χ1v) is 6.48. The van der Waals surface area contributed by atoms with Gasteiger partial charge in [0.15, 0.2) is 0 Å². The minimum absolute atomic E-state index is 0.172. The summed E-state index contributed by atoms with van der Waals surface area (Å²) in [6.45, 7) is 0. The smallest absolute Gasteiger partial charge is 0.271 e. The van der Waals surface area contributed by atoms with Crippen LogP contribution in [0.3, 0.4) is 0 Å². The molecular weight excluding hydrogens is 345 g/mol. The Morgan fingerprint density at radius 3 is 2.62 bits per heavy atom. The molecule has 2 aromatic rings. The average molecular weight is 354 g/mol. The van der Waals surface area contributed by atoms with Crippen LogP contribution in [0.1, 0.15) is 10.4 Å². The van der Waals surface area contributed by atoms with Gasteiger partial charge in [-0.1, -0.05) is 0 Å². The molecule has 0 atom stereocenters. The number of nitrogens with two attached hydrogens (primary N) is 1. The van der Waals surface area contributed by atoms with Gasteiger partial charge in [-0.15, -0.1) is 0 Å². The lowest BCUT2D eigenvalue weighted by Crippen LogP contribution is -2.14. The molecule has 0 saturated carbocycles. The number of nitrogen functional groups attached to an aromatic ring is 1. The van der Waals surface area contributed by atoms with Crippen molar-refractivity contribution in [3.8, 4) is 0 Å². The number of rotatable bonds is 3. The lowest BCUT2D eigenvalue weighted by Gasteiger charge is -2.08. The van der Waals surface area contributed by atoms with Crippen molar-refractivity contribution >= 4 is 38.9 Å². The van der Waals surface area contributed by atoms with E-state index in [0.717, 1.165) is 6.07 Å². The summed E-state index contributed by atoms with van der Waals surface area (Å²) in [4.78, 5) is 22.1. The van der Waals surface area contributed by atoms with Gasteiger partial charge in [0.05, 0.1) is 16.2 Å². The van der Waals surface area contributed by atoms with E-state index in [-0.39, 0.29) is 22.6 Å². The Labute approximate surface area is 127 Å². The highest BCUT2D eigenvalue weighted by Crippen LogP contribution is 2.27. The number of hydrogen-bond donors (Lipinski definition) is 2. The van der Waals surface area contributed by atoms with Crippen molar-refractivity contribution in [3.05, 3.63) is 62.4 Å². The number of carbonyl (C=O) groups excluding carboxylic acids is 1. The first-order chi connectivity index (χ1) is 9.88. The van der Waals surface area contributed by atoms with Crippen LogP contribution in [0.5, 0.6) is 0 Å². The van der Waals surface area contributed by atoms with Gasteiger partial charge in [0.2, 0.25) is 0 Å². The number of amides is 1. The lowest BCUT2D eigenvalue weighted by atomic mass is 10.1. The van der Waals surface area contributed by atoms with Crippen molar-refractivity contribution in [2.24, 2.45) is 0 Å². The van der Waals surface area contributed by atoms with Gasteiger partial charge in [0, 0.05) is 22.3 Å². The molecule has 0 aliphatic rings. The summed E-state index contributed by atoms with van der Waals surface area (Å²) in [7, 11) is 0. The molecule has 6 nitrogen and oxygen atoms in total. The van der Waals surface area contributed by atoms with Gasteiger partial charge >= 0.3 is 0 Å². The van der Waals surface area contributed by atoms with Crippen molar-refractivity contribution in [2.75, 3.05) is 11.1 Å². The molecule has 108 valence electrons. The van der Waals surface area contributed by atoms with Gasteiger partial charge < -0.3 is 11.1 Å². The standard InChI is InChI=1S/C13H9BrFN3O3/c14-10-4-2-8(18(20)21)6-12(10)17-13(19)9-3-1-7(16)5-11(9)15/h1-6H,16H2,(H,17,19). The predicted molar refractivity (Wildman–Crippen MR) is 79.6 cm³/mol. The maximum atomic E-state index is 13.7. The molecule has 0 unspecified atom stereocenters. The number of nitro groups is 1. The molecule has 0 radical (unpaired) electrons. The molecule has 2 aromatic carbocycles. The van der Waals surface area contributed by atoms with E-state index in [1.165, 1.54) is 30.3 Å². The fraction of sp³-hybridized carbons (Fsp3) is 0. The monoisotopic (exact) mass is 353 g/mol. The molecule has 0 aliphatic carbocycles. The summed E-state index contributed by atoms with van der Waals surface area (Å²) in [5, 5.41) is 13.1. The number of nitrogens with one attached hydrogen (secondary N) is 1. The normalized spacial score (nSPS) is 10.2. The van der Waals surface area contributed by atoms with Crippen LogP contribution in [0.25, 0.3) is 0 Å². The number of non-ortho nitro benzene ring substituents is 1. The van der Waals surface area contributed by atoms with Crippen molar-refractivity contribution in [2.45, 2.75) is 0 Å². The van der Waals surface area contributed by atoms with E-state index >= 15 is 0 Å². The molecule has 0 bridgehead atoms. The summed E-state index contributed by atoms with van der Waals surface area (Å²) >= 11 is 3.16. The van der Waals surface area contributed by atoms with Crippen LogP contribution in [-0.2, 0) is 0 Å². The first kappa shape index (κ1) is 14.9. The third kappa shape index (κ3) is 3.34. The first-order valence-electron chi connectivity index (χ1n) is 5.69. The molecule has 0 heterocycles. The second-order valence-electron chi connectivity index (χ2n) is 4.11. The SMILES string of the molecule is Nc1ccc(C(=O)Nc2cc([N+](=O)[O-])ccc2Br)c(F)c1. The number of carbonyl (C=O) groups is 1. The van der Waals surface area contributed by atoms with E-state index < -0.39 is 16.6 Å². The number of hydrogen-bond acceptors (Lipinski definition) is 4. The Morgan fingerprint density at radius 1 is 1.29 bits per heavy atom. The zero-order valence-electron chi connectivity index (χ0n) is 10.5. The fourth-order valence-electron chi connectivity index (χ4n) is 1.63. The summed E-state index contributed by atoms with van der Waals surface area (Å²) in [6, 6.07) is 7.54. The summed E-state index contributed by atoms with van der Waals surface area (Å²) < 4.78 is 14.1. The highest BCUT2D eigenvalue weighted by atomic mass is 79.9. The Morgan fingerprint density at radius 2 is 2.00 bits per heavy atom. The Bertz CT molecular complexity index is 737. The van der Waals surface area contributed by atoms with Crippen molar-refractivity contribution in [1.29, 1.82) is 0 Å². The molecule has 3 N–H and O–H groups in total. The van der Waals surface area contributed by atoms with Crippen LogP contribution < -0.4 is 11.1 Å². The fourth-order valence-corrected chi connectivity index (χ4v) is 1.97. The average Bonchev–Trinajstić information content (AvgIpc) is 2.40. The topological polar surface area (TPSA) is 98.3 Å². The predicted octanol–water partition coefficient (Wildman–Crippen LogP) is 3.33. The highest BCUT2D eigenvalue weighted by molar-refractivity contribution is 9.10. The third-order valence-electron chi connectivity index (χ3n) is 2.65. The zero-order valence-corrected chi connectivity index (χ0v) is 12.1. The summed E-state index contributed by atoms with van der Waals surface area (Å²) in [6.07, 6.45) is 0. The lowest BCUT2D eigenvalue weighted by molar-refractivity contribution is -0.384. The van der Waals surface area contributed by atoms with Gasteiger partial charge in [-0.05, 0) is 40.2 Å². The third-order valence-corrected chi connectivity index (χ3v) is 3.34. The number of nitro benzene ring substituents is 1. The van der Waals surface area contributed by atoms with Crippen molar-refractivity contribution in [1.82, 2.24) is 0 Å². The highest BCUT2D eigenvalue weighted by Gasteiger charge is 2.15. The quantitative estimate of drug-likeness (QED) is 0.502. The van der Waals surface area contributed by atoms with E-state index in [0.29, 0.717) is 4.47 Å². The minimum Gasteiger partial charge on any atom is -0.399 e. The number of anilines is 2. The molecule has 8 heteroatoms. The van der Waals surface area contributed by atoms with Crippen LogP contribution in [0.4, 0.5) is 21.5 Å². The summed E-state index contributed by atoms with van der Waals surface area (Å²) in [5.41, 5.74) is 5.38. The Hall–Kier alpha value is -2.48. The second-order valence-corrected chi connectivity index (χ2v) is 4.97. The number of benzene rings is 2. The maximum Gasteiger partial charge on any atom is 0.271 e. The van der Waals surface area contributed by atoms with Crippen molar-refractivity contribution in [3.63, 3.8) is 0 Å². The molecule has 2 rings (SSSR count). The van der Waals surface area contributed by atoms with Gasteiger partial charge in [0.1, 0.15) is 5.82 Å². The van der Waals surface area contributed by atoms with E-state index in [1.54, 1.807) is 0 Å². The maximum absolute atomic E-state index is 13.7. The largest absolute Gasteiger partial charge is 0.399 e. The Kier molecular flexibility index (Phi) is 4.18. The molecule has 0 saturated heterocycles. The molecule has 0 aliphatic heterocycles. The molecule has 0 spiro atoms. The van der Waals surface area contributed by atoms with Crippen LogP contribution in [0.2, 0.25) is 0 Å². The molecular formula is C13H9BrFN3O3. The van der Waals surface area contributed by atoms with Gasteiger partial charge in [-0.25, -0.2) is 4.39 Å². The van der Waals surface area contributed by atoms with E-state index in [1.807, 2.05) is 0 Å². The van der Waals surface area contributed by atoms with Crippen LogP contribution in [-0.4, -0.2) is 10.8 Å². The van der Waals surface area contributed by atoms with Gasteiger partial charge in [-0.3, -0.25) is 14.9 Å². The van der Waals surface area contributed by atoms with E-state index in [4.69, 9.17) is 5.73 Å². The van der Waals surface area contributed by atoms with Gasteiger partial charge in [0.25, 0.3) is 11.6 Å². The molecule has 0 aromatic heterocycles. The second kappa shape index (κ2) is 5.88. The van der Waals surface area contributed by atoms with E-state index in [2.05, 4.69) is 21.2 Å². The van der Waals surface area contributed by atoms with E-state index in [9.17, 15) is 19.3 Å². The van der Waals surface area contributed by atoms with Crippen LogP contribution in [0, 0.1) is 15.9 Å². The number of nitrogens with zero attached hydrogens (tertiary/aromatic N) is 1. The Balaban J connectivity index is 2.31. The van der Waals surface area contributed by atoms with Crippen molar-refractivity contribution < 1.29 is 14.1 Å². The van der Waals surface area contributed by atoms with Crippen LogP contribution in [0.15, 0.2) is 40.9 Å². The van der Waals surface area contributed by atoms with Crippen LogP contribution >= 0.6 is 15.9 Å².